The number of carbonyl (C=O) groups excluding carboxylic acids is 1. The molecule has 3 rings (SSSR count). The summed E-state index contributed by atoms with van der Waals surface area (Å²) < 4.78 is 5.50. The highest BCUT2D eigenvalue weighted by molar-refractivity contribution is 5.76. The van der Waals surface area contributed by atoms with Crippen molar-refractivity contribution in [3.8, 4) is 0 Å². The lowest BCUT2D eigenvalue weighted by molar-refractivity contribution is -0.132. The van der Waals surface area contributed by atoms with E-state index in [1.54, 1.807) is 0 Å². The molecule has 140 valence electrons. The molecule has 0 saturated carbocycles. The fourth-order valence-corrected chi connectivity index (χ4v) is 3.59. The summed E-state index contributed by atoms with van der Waals surface area (Å²) in [6, 6.07) is 10.4. The second-order valence-corrected chi connectivity index (χ2v) is 7.09. The first-order valence-electron chi connectivity index (χ1n) is 9.94. The van der Waals surface area contributed by atoms with Crippen molar-refractivity contribution in [1.29, 1.82) is 0 Å². The minimum atomic E-state index is -0.0282. The number of unbranched alkanes of at least 4 members (excludes halogenated alkanes) is 2. The van der Waals surface area contributed by atoms with E-state index < -0.39 is 0 Å². The molecule has 0 aliphatic carbocycles. The van der Waals surface area contributed by atoms with Gasteiger partial charge in [-0.05, 0) is 37.7 Å². The number of aryl methyl sites for hydroxylation is 2. The van der Waals surface area contributed by atoms with Crippen LogP contribution in [0.1, 0.15) is 75.2 Å². The first kappa shape index (κ1) is 18.6. The van der Waals surface area contributed by atoms with Gasteiger partial charge < -0.3 is 9.42 Å². The van der Waals surface area contributed by atoms with E-state index in [2.05, 4.69) is 41.3 Å². The van der Waals surface area contributed by atoms with E-state index in [0.29, 0.717) is 12.3 Å². The van der Waals surface area contributed by atoms with Crippen molar-refractivity contribution in [2.75, 3.05) is 6.54 Å². The lowest BCUT2D eigenvalue weighted by Gasteiger charge is -2.21. The number of amides is 1. The molecule has 0 spiro atoms. The molecule has 5 heteroatoms. The standard InChI is InChI=1S/C21H29N3O2/c1-2-3-5-15-20(25)24-16-9-13-18(24)21-22-19(23-26-21)14-8-12-17-10-6-4-7-11-17/h4,6-7,10-11,18H,2-3,5,8-9,12-16H2,1H3. The SMILES string of the molecule is CCCCCC(=O)N1CCCC1c1nc(CCCc2ccccc2)no1. The van der Waals surface area contributed by atoms with Crippen LogP contribution in [-0.4, -0.2) is 27.5 Å². The maximum atomic E-state index is 12.5. The van der Waals surface area contributed by atoms with E-state index in [4.69, 9.17) is 4.52 Å². The summed E-state index contributed by atoms with van der Waals surface area (Å²) in [6.45, 7) is 2.96. The summed E-state index contributed by atoms with van der Waals surface area (Å²) >= 11 is 0. The molecule has 1 fully saturated rings. The van der Waals surface area contributed by atoms with E-state index in [-0.39, 0.29) is 11.9 Å². The monoisotopic (exact) mass is 355 g/mol. The average molecular weight is 355 g/mol. The van der Waals surface area contributed by atoms with Gasteiger partial charge in [-0.1, -0.05) is 55.3 Å². The predicted molar refractivity (Wildman–Crippen MR) is 101 cm³/mol. The first-order valence-corrected chi connectivity index (χ1v) is 9.94. The molecule has 1 saturated heterocycles. The Morgan fingerprint density at radius 3 is 2.85 bits per heavy atom. The van der Waals surface area contributed by atoms with Gasteiger partial charge in [0.05, 0.1) is 0 Å². The van der Waals surface area contributed by atoms with E-state index in [1.807, 2.05) is 11.0 Å². The van der Waals surface area contributed by atoms with Crippen molar-refractivity contribution in [3.63, 3.8) is 0 Å². The normalized spacial score (nSPS) is 17.0. The maximum Gasteiger partial charge on any atom is 0.249 e. The molecule has 1 amide bonds. The molecular formula is C21H29N3O2. The molecule has 0 radical (unpaired) electrons. The molecule has 0 N–H and O–H groups in total. The number of nitrogens with zero attached hydrogens (tertiary/aromatic N) is 3. The first-order chi connectivity index (χ1) is 12.8. The molecule has 26 heavy (non-hydrogen) atoms. The molecular weight excluding hydrogens is 326 g/mol. The van der Waals surface area contributed by atoms with Gasteiger partial charge in [0.15, 0.2) is 5.82 Å². The molecule has 1 aliphatic heterocycles. The summed E-state index contributed by atoms with van der Waals surface area (Å²) in [4.78, 5) is 19.0. The van der Waals surface area contributed by atoms with Crippen LogP contribution in [0.15, 0.2) is 34.9 Å². The Hall–Kier alpha value is -2.17. The highest BCUT2D eigenvalue weighted by Gasteiger charge is 2.33. The van der Waals surface area contributed by atoms with Gasteiger partial charge in [0, 0.05) is 19.4 Å². The Labute approximate surface area is 155 Å². The molecule has 1 aromatic carbocycles. The molecule has 5 nitrogen and oxygen atoms in total. The minimum absolute atomic E-state index is 0.0282. The minimum Gasteiger partial charge on any atom is -0.337 e. The van der Waals surface area contributed by atoms with Crippen LogP contribution in [-0.2, 0) is 17.6 Å². The molecule has 1 atom stereocenters. The third kappa shape index (κ3) is 4.93. The number of carbonyl (C=O) groups is 1. The molecule has 2 heterocycles. The Bertz CT molecular complexity index is 684. The van der Waals surface area contributed by atoms with Crippen LogP contribution in [0.5, 0.6) is 0 Å². The van der Waals surface area contributed by atoms with Crippen molar-refractivity contribution < 1.29 is 9.32 Å². The molecule has 1 unspecified atom stereocenters. The summed E-state index contributed by atoms with van der Waals surface area (Å²) in [5.41, 5.74) is 1.33. The Morgan fingerprint density at radius 1 is 1.19 bits per heavy atom. The van der Waals surface area contributed by atoms with Crippen LogP contribution in [0.2, 0.25) is 0 Å². The third-order valence-electron chi connectivity index (χ3n) is 5.04. The van der Waals surface area contributed by atoms with Crippen LogP contribution in [0.25, 0.3) is 0 Å². The Kier molecular flexibility index (Phi) is 6.81. The number of rotatable bonds is 9. The van der Waals surface area contributed by atoms with Gasteiger partial charge >= 0.3 is 0 Å². The number of aromatic nitrogens is 2. The van der Waals surface area contributed by atoms with Gasteiger partial charge in [0.1, 0.15) is 6.04 Å². The van der Waals surface area contributed by atoms with E-state index >= 15 is 0 Å². The molecule has 1 aliphatic rings. The second-order valence-electron chi connectivity index (χ2n) is 7.09. The molecule has 2 aromatic rings. The molecule has 1 aromatic heterocycles. The van der Waals surface area contributed by atoms with Crippen molar-refractivity contribution in [1.82, 2.24) is 15.0 Å². The molecule has 0 bridgehead atoms. The zero-order valence-electron chi connectivity index (χ0n) is 15.7. The van der Waals surface area contributed by atoms with Crippen LogP contribution < -0.4 is 0 Å². The van der Waals surface area contributed by atoms with E-state index in [0.717, 1.165) is 63.7 Å². The summed E-state index contributed by atoms with van der Waals surface area (Å²) in [6.07, 6.45) is 8.57. The van der Waals surface area contributed by atoms with Gasteiger partial charge in [-0.25, -0.2) is 0 Å². The van der Waals surface area contributed by atoms with Crippen LogP contribution in [0.3, 0.4) is 0 Å². The van der Waals surface area contributed by atoms with Gasteiger partial charge in [0.2, 0.25) is 11.8 Å². The fourth-order valence-electron chi connectivity index (χ4n) is 3.59. The van der Waals surface area contributed by atoms with Crippen molar-refractivity contribution in [2.24, 2.45) is 0 Å². The largest absolute Gasteiger partial charge is 0.337 e. The fraction of sp³-hybridized carbons (Fsp3) is 0.571. The highest BCUT2D eigenvalue weighted by atomic mass is 16.5. The second kappa shape index (κ2) is 9.51. The maximum absolute atomic E-state index is 12.5. The summed E-state index contributed by atoms with van der Waals surface area (Å²) in [5, 5.41) is 4.14. The van der Waals surface area contributed by atoms with Gasteiger partial charge in [0.25, 0.3) is 0 Å². The van der Waals surface area contributed by atoms with Crippen LogP contribution >= 0.6 is 0 Å². The van der Waals surface area contributed by atoms with Crippen LogP contribution in [0.4, 0.5) is 0 Å². The Balaban J connectivity index is 1.52. The van der Waals surface area contributed by atoms with Crippen molar-refractivity contribution in [3.05, 3.63) is 47.6 Å². The highest BCUT2D eigenvalue weighted by Crippen LogP contribution is 2.31. The Morgan fingerprint density at radius 2 is 2.04 bits per heavy atom. The summed E-state index contributed by atoms with van der Waals surface area (Å²) in [5.74, 6) is 1.59. The van der Waals surface area contributed by atoms with E-state index in [9.17, 15) is 4.79 Å². The van der Waals surface area contributed by atoms with Gasteiger partial charge in [-0.2, -0.15) is 4.98 Å². The smallest absolute Gasteiger partial charge is 0.249 e. The number of hydrogen-bond donors (Lipinski definition) is 0. The average Bonchev–Trinajstić information content (AvgIpc) is 3.32. The number of likely N-dealkylation sites (tertiary alicyclic amines) is 1. The van der Waals surface area contributed by atoms with E-state index in [1.165, 1.54) is 5.56 Å². The zero-order valence-corrected chi connectivity index (χ0v) is 15.7. The predicted octanol–water partition coefficient (Wildman–Crippen LogP) is 4.49. The van der Waals surface area contributed by atoms with Crippen molar-refractivity contribution in [2.45, 2.75) is 70.8 Å². The van der Waals surface area contributed by atoms with Gasteiger partial charge in [-0.3, -0.25) is 4.79 Å². The topological polar surface area (TPSA) is 59.2 Å². The van der Waals surface area contributed by atoms with Crippen molar-refractivity contribution >= 4 is 5.91 Å². The van der Waals surface area contributed by atoms with Crippen LogP contribution in [0, 0.1) is 0 Å². The lowest BCUT2D eigenvalue weighted by atomic mass is 10.1. The summed E-state index contributed by atoms with van der Waals surface area (Å²) in [7, 11) is 0. The quantitative estimate of drug-likeness (QED) is 0.622. The van der Waals surface area contributed by atoms with Gasteiger partial charge in [-0.15, -0.1) is 0 Å². The zero-order chi connectivity index (χ0) is 18.2. The number of hydrogen-bond acceptors (Lipinski definition) is 4. The lowest BCUT2D eigenvalue weighted by Crippen LogP contribution is -2.30. The third-order valence-corrected chi connectivity index (χ3v) is 5.04. The number of benzene rings is 1.